The fourth-order valence-electron chi connectivity index (χ4n) is 1.80. The zero-order valence-electron chi connectivity index (χ0n) is 14.0. The summed E-state index contributed by atoms with van der Waals surface area (Å²) in [5, 5.41) is 11.9. The molecule has 0 bridgehead atoms. The molecule has 2 aromatic heterocycles. The van der Waals surface area contributed by atoms with Crippen LogP contribution in [0.4, 0.5) is 0 Å². The van der Waals surface area contributed by atoms with Gasteiger partial charge in [-0.15, -0.1) is 46.7 Å². The number of guanidine groups is 1. The Labute approximate surface area is 163 Å². The molecular weight excluding hydrogens is 439 g/mol. The molecule has 0 aromatic carbocycles. The minimum absolute atomic E-state index is 0. The molecule has 0 aliphatic heterocycles. The van der Waals surface area contributed by atoms with E-state index in [2.05, 4.69) is 66.2 Å². The van der Waals surface area contributed by atoms with Crippen molar-refractivity contribution in [2.75, 3.05) is 6.54 Å². The van der Waals surface area contributed by atoms with E-state index in [1.165, 1.54) is 4.88 Å². The van der Waals surface area contributed by atoms with E-state index in [1.807, 2.05) is 0 Å². The molecule has 2 rings (SSSR count). The number of nitrogens with zero attached hydrogens (tertiary/aromatic N) is 2. The summed E-state index contributed by atoms with van der Waals surface area (Å²) in [5.74, 6) is 0.836. The highest BCUT2D eigenvalue weighted by Crippen LogP contribution is 2.23. The smallest absolute Gasteiger partial charge is 0.191 e. The van der Waals surface area contributed by atoms with Crippen molar-refractivity contribution in [1.82, 2.24) is 15.6 Å². The standard InChI is InChI=1S/C16H24N4S2.HI/c1-5-17-15(18-9-12-7-6-8-21-12)19-10-14-20-13(11-22-14)16(2,3)4;/h6-8,11H,5,9-10H2,1-4H3,(H2,17,18,19);1H. The minimum Gasteiger partial charge on any atom is -0.357 e. The molecule has 0 radical (unpaired) electrons. The average molecular weight is 464 g/mol. The third-order valence-corrected chi connectivity index (χ3v) is 4.75. The molecule has 2 N–H and O–H groups in total. The first-order valence-corrected chi connectivity index (χ1v) is 9.24. The zero-order valence-corrected chi connectivity index (χ0v) is 18.0. The van der Waals surface area contributed by atoms with E-state index in [4.69, 9.17) is 4.98 Å². The second kappa shape index (κ2) is 9.58. The first kappa shape index (κ1) is 20.4. The summed E-state index contributed by atoms with van der Waals surface area (Å²) in [6.07, 6.45) is 0. The molecule has 23 heavy (non-hydrogen) atoms. The van der Waals surface area contributed by atoms with Gasteiger partial charge in [0.25, 0.3) is 0 Å². The number of aliphatic imine (C=N–C) groups is 1. The van der Waals surface area contributed by atoms with Crippen molar-refractivity contribution in [3.05, 3.63) is 38.5 Å². The van der Waals surface area contributed by atoms with Gasteiger partial charge in [-0.25, -0.2) is 9.98 Å². The second-order valence-electron chi connectivity index (χ2n) is 6.00. The molecule has 0 amide bonds. The minimum atomic E-state index is 0. The van der Waals surface area contributed by atoms with Crippen molar-refractivity contribution in [3.8, 4) is 0 Å². The number of nitrogens with one attached hydrogen (secondary N) is 2. The van der Waals surface area contributed by atoms with Gasteiger partial charge in [-0.2, -0.15) is 0 Å². The number of hydrogen-bond donors (Lipinski definition) is 2. The van der Waals surface area contributed by atoms with Crippen molar-refractivity contribution in [1.29, 1.82) is 0 Å². The Morgan fingerprint density at radius 2 is 2.04 bits per heavy atom. The summed E-state index contributed by atoms with van der Waals surface area (Å²) < 4.78 is 0. The molecule has 0 unspecified atom stereocenters. The van der Waals surface area contributed by atoms with E-state index in [0.717, 1.165) is 23.2 Å². The van der Waals surface area contributed by atoms with Crippen molar-refractivity contribution in [2.45, 2.75) is 46.2 Å². The third-order valence-electron chi connectivity index (χ3n) is 3.04. The van der Waals surface area contributed by atoms with Crippen LogP contribution in [0.3, 0.4) is 0 Å². The van der Waals surface area contributed by atoms with Gasteiger partial charge >= 0.3 is 0 Å². The summed E-state index contributed by atoms with van der Waals surface area (Å²) in [5.41, 5.74) is 1.25. The van der Waals surface area contributed by atoms with Crippen LogP contribution in [0.5, 0.6) is 0 Å². The molecule has 0 fully saturated rings. The number of aromatic nitrogens is 1. The Morgan fingerprint density at radius 1 is 1.26 bits per heavy atom. The Kier molecular flexibility index (Phi) is 8.49. The second-order valence-corrected chi connectivity index (χ2v) is 7.98. The van der Waals surface area contributed by atoms with E-state index >= 15 is 0 Å². The van der Waals surface area contributed by atoms with E-state index in [0.29, 0.717) is 13.1 Å². The molecule has 0 spiro atoms. The maximum atomic E-state index is 4.70. The number of halogens is 1. The van der Waals surface area contributed by atoms with Crippen molar-refractivity contribution in [3.63, 3.8) is 0 Å². The summed E-state index contributed by atoms with van der Waals surface area (Å²) >= 11 is 3.43. The summed E-state index contributed by atoms with van der Waals surface area (Å²) in [6.45, 7) is 10.9. The lowest BCUT2D eigenvalue weighted by Gasteiger charge is -2.14. The Bertz CT molecular complexity index is 600. The number of thiazole rings is 1. The van der Waals surface area contributed by atoms with Crippen LogP contribution in [0.1, 0.15) is 43.3 Å². The fraction of sp³-hybridized carbons (Fsp3) is 0.500. The Balaban J connectivity index is 0.00000264. The van der Waals surface area contributed by atoms with E-state index in [9.17, 15) is 0 Å². The van der Waals surface area contributed by atoms with Gasteiger partial charge in [0.2, 0.25) is 0 Å². The third kappa shape index (κ3) is 6.76. The van der Waals surface area contributed by atoms with Crippen LogP contribution in [-0.2, 0) is 18.5 Å². The highest BCUT2D eigenvalue weighted by atomic mass is 127. The topological polar surface area (TPSA) is 49.3 Å². The maximum Gasteiger partial charge on any atom is 0.191 e. The SMILES string of the molecule is CCNC(=NCc1cccs1)NCc1nc(C(C)(C)C)cs1.I. The van der Waals surface area contributed by atoms with Gasteiger partial charge in [0.15, 0.2) is 5.96 Å². The summed E-state index contributed by atoms with van der Waals surface area (Å²) in [7, 11) is 0. The lowest BCUT2D eigenvalue weighted by atomic mass is 9.93. The van der Waals surface area contributed by atoms with E-state index < -0.39 is 0 Å². The number of rotatable bonds is 5. The van der Waals surface area contributed by atoms with E-state index in [1.54, 1.807) is 22.7 Å². The van der Waals surface area contributed by atoms with Crippen LogP contribution in [-0.4, -0.2) is 17.5 Å². The summed E-state index contributed by atoms with van der Waals surface area (Å²) in [6, 6.07) is 4.16. The van der Waals surface area contributed by atoms with Crippen LogP contribution in [0.15, 0.2) is 27.9 Å². The molecule has 0 aliphatic carbocycles. The van der Waals surface area contributed by atoms with Crippen LogP contribution >= 0.6 is 46.7 Å². The number of thiophene rings is 1. The molecule has 0 atom stereocenters. The van der Waals surface area contributed by atoms with Crippen molar-refractivity contribution >= 4 is 52.6 Å². The van der Waals surface area contributed by atoms with E-state index in [-0.39, 0.29) is 29.4 Å². The molecule has 4 nitrogen and oxygen atoms in total. The van der Waals surface area contributed by atoms with Crippen LogP contribution in [0, 0.1) is 0 Å². The lowest BCUT2D eigenvalue weighted by molar-refractivity contribution is 0.570. The molecular formula is C16H25IN4S2. The fourth-order valence-corrected chi connectivity index (χ4v) is 3.39. The predicted octanol–water partition coefficient (Wildman–Crippen LogP) is 4.38. The zero-order chi connectivity index (χ0) is 16.0. The molecule has 0 saturated carbocycles. The quantitative estimate of drug-likeness (QED) is 0.393. The Hall–Kier alpha value is -0.670. The lowest BCUT2D eigenvalue weighted by Crippen LogP contribution is -2.36. The number of hydrogen-bond acceptors (Lipinski definition) is 4. The van der Waals surface area contributed by atoms with Crippen LogP contribution in [0.2, 0.25) is 0 Å². The van der Waals surface area contributed by atoms with Crippen molar-refractivity contribution < 1.29 is 0 Å². The van der Waals surface area contributed by atoms with Gasteiger partial charge in [0.05, 0.1) is 18.8 Å². The molecule has 2 heterocycles. The molecule has 0 saturated heterocycles. The molecule has 2 aromatic rings. The van der Waals surface area contributed by atoms with Gasteiger partial charge in [-0.1, -0.05) is 26.8 Å². The normalized spacial score (nSPS) is 11.9. The molecule has 128 valence electrons. The molecule has 0 aliphatic rings. The van der Waals surface area contributed by atoms with Gasteiger partial charge in [-0.05, 0) is 18.4 Å². The average Bonchev–Trinajstić information content (AvgIpc) is 3.12. The highest BCUT2D eigenvalue weighted by molar-refractivity contribution is 14.0. The van der Waals surface area contributed by atoms with Gasteiger partial charge < -0.3 is 10.6 Å². The molecule has 7 heteroatoms. The monoisotopic (exact) mass is 464 g/mol. The summed E-state index contributed by atoms with van der Waals surface area (Å²) in [4.78, 5) is 10.6. The predicted molar refractivity (Wildman–Crippen MR) is 112 cm³/mol. The first-order valence-electron chi connectivity index (χ1n) is 7.48. The van der Waals surface area contributed by atoms with Gasteiger partial charge in [0, 0.05) is 22.2 Å². The largest absolute Gasteiger partial charge is 0.357 e. The van der Waals surface area contributed by atoms with Crippen LogP contribution < -0.4 is 10.6 Å². The first-order chi connectivity index (χ1) is 10.5. The van der Waals surface area contributed by atoms with Crippen molar-refractivity contribution in [2.24, 2.45) is 4.99 Å². The van der Waals surface area contributed by atoms with Crippen LogP contribution in [0.25, 0.3) is 0 Å². The highest BCUT2D eigenvalue weighted by Gasteiger charge is 2.17. The van der Waals surface area contributed by atoms with Gasteiger partial charge in [-0.3, -0.25) is 0 Å². The maximum absolute atomic E-state index is 4.70. The Morgan fingerprint density at radius 3 is 2.61 bits per heavy atom. The van der Waals surface area contributed by atoms with Gasteiger partial charge in [0.1, 0.15) is 5.01 Å².